The molecule has 0 fully saturated rings. The number of methoxy groups -OCH3 is 1. The van der Waals surface area contributed by atoms with E-state index in [1.54, 1.807) is 14.2 Å². The highest BCUT2D eigenvalue weighted by Crippen LogP contribution is 1.87. The third kappa shape index (κ3) is 13.4. The number of guanidine groups is 1. The van der Waals surface area contributed by atoms with E-state index in [1.807, 2.05) is 0 Å². The Morgan fingerprint density at radius 3 is 2.16 bits per heavy atom. The first-order chi connectivity index (χ1) is 9.35. The van der Waals surface area contributed by atoms with E-state index in [0.717, 1.165) is 32.1 Å². The Labute approximate surface area is 116 Å². The number of ether oxygens (including phenoxy) is 3. The van der Waals surface area contributed by atoms with Gasteiger partial charge in [-0.15, -0.1) is 0 Å². The van der Waals surface area contributed by atoms with E-state index in [9.17, 15) is 0 Å². The van der Waals surface area contributed by atoms with Crippen LogP contribution < -0.4 is 10.6 Å². The summed E-state index contributed by atoms with van der Waals surface area (Å²) in [6.07, 6.45) is 2.28. The van der Waals surface area contributed by atoms with Crippen LogP contribution in [0.2, 0.25) is 0 Å². The van der Waals surface area contributed by atoms with Crippen molar-refractivity contribution in [3.8, 4) is 0 Å². The fourth-order valence-electron chi connectivity index (χ4n) is 1.30. The molecule has 0 aliphatic rings. The largest absolute Gasteiger partial charge is 0.383 e. The van der Waals surface area contributed by atoms with Crippen molar-refractivity contribution in [2.24, 2.45) is 4.99 Å². The molecule has 0 spiro atoms. The van der Waals surface area contributed by atoms with Gasteiger partial charge in [0.05, 0.1) is 26.4 Å². The molecule has 0 unspecified atom stereocenters. The van der Waals surface area contributed by atoms with E-state index in [4.69, 9.17) is 14.2 Å². The summed E-state index contributed by atoms with van der Waals surface area (Å²) in [5, 5.41) is 6.29. The lowest BCUT2D eigenvalue weighted by molar-refractivity contribution is 0.0487. The molecule has 114 valence electrons. The van der Waals surface area contributed by atoms with Gasteiger partial charge < -0.3 is 24.8 Å². The number of hydrogen-bond donors (Lipinski definition) is 2. The number of nitrogens with zero attached hydrogens (tertiary/aromatic N) is 1. The van der Waals surface area contributed by atoms with Crippen LogP contribution in [0.1, 0.15) is 19.8 Å². The van der Waals surface area contributed by atoms with Crippen LogP contribution in [-0.4, -0.2) is 66.2 Å². The molecule has 0 atom stereocenters. The molecular formula is C13H29N3O3. The molecule has 0 saturated carbocycles. The fourth-order valence-corrected chi connectivity index (χ4v) is 1.30. The Balaban J connectivity index is 3.27. The van der Waals surface area contributed by atoms with Crippen LogP contribution in [0.4, 0.5) is 0 Å². The Bertz CT molecular complexity index is 213. The minimum Gasteiger partial charge on any atom is -0.383 e. The van der Waals surface area contributed by atoms with Crippen LogP contribution in [0, 0.1) is 0 Å². The summed E-state index contributed by atoms with van der Waals surface area (Å²) >= 11 is 0. The van der Waals surface area contributed by atoms with Gasteiger partial charge in [-0.25, -0.2) is 0 Å². The van der Waals surface area contributed by atoms with E-state index >= 15 is 0 Å². The molecule has 0 amide bonds. The van der Waals surface area contributed by atoms with Crippen LogP contribution in [0.15, 0.2) is 4.99 Å². The van der Waals surface area contributed by atoms with Gasteiger partial charge in [0.1, 0.15) is 0 Å². The van der Waals surface area contributed by atoms with E-state index in [0.29, 0.717) is 26.4 Å². The smallest absolute Gasteiger partial charge is 0.191 e. The minimum atomic E-state index is 0.640. The van der Waals surface area contributed by atoms with Gasteiger partial charge in [-0.1, -0.05) is 13.3 Å². The Kier molecular flexibility index (Phi) is 14.5. The number of unbranched alkanes of at least 4 members (excludes halogenated alkanes) is 1. The molecule has 0 aliphatic heterocycles. The first-order valence-corrected chi connectivity index (χ1v) is 6.94. The van der Waals surface area contributed by atoms with Crippen molar-refractivity contribution in [1.82, 2.24) is 10.6 Å². The van der Waals surface area contributed by atoms with Crippen LogP contribution in [0.25, 0.3) is 0 Å². The zero-order valence-corrected chi connectivity index (χ0v) is 12.5. The molecule has 0 radical (unpaired) electrons. The molecule has 0 aromatic carbocycles. The lowest BCUT2D eigenvalue weighted by atomic mass is 10.4. The lowest BCUT2D eigenvalue weighted by Gasteiger charge is -2.11. The van der Waals surface area contributed by atoms with Crippen LogP contribution in [-0.2, 0) is 14.2 Å². The number of hydrogen-bond acceptors (Lipinski definition) is 4. The summed E-state index contributed by atoms with van der Waals surface area (Å²) < 4.78 is 15.8. The van der Waals surface area contributed by atoms with Crippen LogP contribution in [0.3, 0.4) is 0 Å². The second kappa shape index (κ2) is 15.2. The number of rotatable bonds is 12. The van der Waals surface area contributed by atoms with Crippen molar-refractivity contribution in [3.63, 3.8) is 0 Å². The van der Waals surface area contributed by atoms with Gasteiger partial charge in [-0.3, -0.25) is 4.99 Å². The van der Waals surface area contributed by atoms with Gasteiger partial charge in [0.25, 0.3) is 0 Å². The standard InChI is InChI=1S/C13H29N3O3/c1-4-5-8-18-11-12-19-10-7-16-13(14-2)15-6-9-17-3/h4-12H2,1-3H3,(H2,14,15,16). The van der Waals surface area contributed by atoms with Crippen molar-refractivity contribution < 1.29 is 14.2 Å². The molecule has 0 aromatic heterocycles. The Morgan fingerprint density at radius 2 is 1.58 bits per heavy atom. The van der Waals surface area contributed by atoms with E-state index in [1.165, 1.54) is 6.42 Å². The maximum Gasteiger partial charge on any atom is 0.191 e. The van der Waals surface area contributed by atoms with Gasteiger partial charge in [0.2, 0.25) is 0 Å². The molecule has 0 heterocycles. The highest BCUT2D eigenvalue weighted by molar-refractivity contribution is 5.79. The van der Waals surface area contributed by atoms with Crippen molar-refractivity contribution in [2.45, 2.75) is 19.8 Å². The molecule has 0 bridgehead atoms. The van der Waals surface area contributed by atoms with Gasteiger partial charge >= 0.3 is 0 Å². The SMILES string of the molecule is CCCCOCCOCCNC(=NC)NCCOC. The Hall–Kier alpha value is -0.850. The van der Waals surface area contributed by atoms with Gasteiger partial charge in [-0.05, 0) is 6.42 Å². The zero-order valence-electron chi connectivity index (χ0n) is 12.5. The first kappa shape index (κ1) is 18.1. The van der Waals surface area contributed by atoms with Crippen molar-refractivity contribution in [3.05, 3.63) is 0 Å². The summed E-state index contributed by atoms with van der Waals surface area (Å²) in [5.74, 6) is 0.764. The van der Waals surface area contributed by atoms with Gasteiger partial charge in [-0.2, -0.15) is 0 Å². The summed E-state index contributed by atoms with van der Waals surface area (Å²) in [5.41, 5.74) is 0. The molecule has 6 nitrogen and oxygen atoms in total. The average Bonchev–Trinajstić information content (AvgIpc) is 2.43. The maximum absolute atomic E-state index is 5.44. The number of aliphatic imine (C=N–C) groups is 1. The molecule has 6 heteroatoms. The van der Waals surface area contributed by atoms with E-state index in [2.05, 4.69) is 22.5 Å². The van der Waals surface area contributed by atoms with E-state index < -0.39 is 0 Å². The molecule has 0 rings (SSSR count). The normalized spacial score (nSPS) is 11.6. The van der Waals surface area contributed by atoms with Gasteiger partial charge in [0.15, 0.2) is 5.96 Å². The highest BCUT2D eigenvalue weighted by atomic mass is 16.5. The molecule has 0 aromatic rings. The highest BCUT2D eigenvalue weighted by Gasteiger charge is 1.96. The molecule has 19 heavy (non-hydrogen) atoms. The predicted octanol–water partition coefficient (Wildman–Crippen LogP) is 0.631. The summed E-state index contributed by atoms with van der Waals surface area (Å²) in [6.45, 7) is 7.05. The average molecular weight is 275 g/mol. The second-order valence-corrected chi connectivity index (χ2v) is 4.00. The molecule has 2 N–H and O–H groups in total. The first-order valence-electron chi connectivity index (χ1n) is 6.94. The Morgan fingerprint density at radius 1 is 0.947 bits per heavy atom. The zero-order chi connectivity index (χ0) is 14.2. The minimum absolute atomic E-state index is 0.640. The van der Waals surface area contributed by atoms with Crippen molar-refractivity contribution in [2.75, 3.05) is 60.3 Å². The van der Waals surface area contributed by atoms with Crippen LogP contribution in [0.5, 0.6) is 0 Å². The number of nitrogens with one attached hydrogen (secondary N) is 2. The third-order valence-electron chi connectivity index (χ3n) is 2.38. The predicted molar refractivity (Wildman–Crippen MR) is 77.8 cm³/mol. The topological polar surface area (TPSA) is 64.1 Å². The fraction of sp³-hybridized carbons (Fsp3) is 0.923. The third-order valence-corrected chi connectivity index (χ3v) is 2.38. The monoisotopic (exact) mass is 275 g/mol. The molecule has 0 saturated heterocycles. The van der Waals surface area contributed by atoms with Crippen LogP contribution >= 0.6 is 0 Å². The van der Waals surface area contributed by atoms with Gasteiger partial charge in [0, 0.05) is 33.9 Å². The van der Waals surface area contributed by atoms with E-state index in [-0.39, 0.29) is 0 Å². The summed E-state index contributed by atoms with van der Waals surface area (Å²) in [4.78, 5) is 4.09. The van der Waals surface area contributed by atoms with Crippen molar-refractivity contribution in [1.29, 1.82) is 0 Å². The second-order valence-electron chi connectivity index (χ2n) is 4.00. The molecular weight excluding hydrogens is 246 g/mol. The quantitative estimate of drug-likeness (QED) is 0.311. The maximum atomic E-state index is 5.44. The molecule has 0 aliphatic carbocycles. The summed E-state index contributed by atoms with van der Waals surface area (Å²) in [7, 11) is 3.42. The summed E-state index contributed by atoms with van der Waals surface area (Å²) in [6, 6.07) is 0. The van der Waals surface area contributed by atoms with Crippen molar-refractivity contribution >= 4 is 5.96 Å². The lowest BCUT2D eigenvalue weighted by Crippen LogP contribution is -2.40.